The van der Waals surface area contributed by atoms with E-state index in [2.05, 4.69) is 0 Å². The van der Waals surface area contributed by atoms with E-state index < -0.39 is 11.6 Å². The Morgan fingerprint density at radius 3 is 2.10 bits per heavy atom. The highest BCUT2D eigenvalue weighted by molar-refractivity contribution is 6.21. The van der Waals surface area contributed by atoms with Crippen LogP contribution in [0.3, 0.4) is 0 Å². The minimum Gasteiger partial charge on any atom is -0.456 e. The predicted molar refractivity (Wildman–Crippen MR) is 80.1 cm³/mol. The van der Waals surface area contributed by atoms with Gasteiger partial charge in [0, 0.05) is 5.92 Å². The molecule has 0 radical (unpaired) electrons. The Labute approximate surface area is 120 Å². The van der Waals surface area contributed by atoms with E-state index >= 15 is 0 Å². The van der Waals surface area contributed by atoms with Gasteiger partial charge in [-0.15, -0.1) is 0 Å². The molecule has 1 rings (SSSR count). The lowest BCUT2D eigenvalue weighted by atomic mass is 9.98. The molecule has 0 N–H and O–H groups in total. The molecule has 3 heteroatoms. The smallest absolute Gasteiger partial charge is 0.342 e. The van der Waals surface area contributed by atoms with Crippen LogP contribution in [0.25, 0.3) is 6.08 Å². The first-order valence-corrected chi connectivity index (χ1v) is 6.75. The summed E-state index contributed by atoms with van der Waals surface area (Å²) >= 11 is 0. The summed E-state index contributed by atoms with van der Waals surface area (Å²) in [5, 5.41) is 0. The first kappa shape index (κ1) is 16.2. The number of carbonyl (C=O) groups excluding carboxylic acids is 2. The molecule has 0 atom stereocenters. The molecule has 1 aromatic carbocycles. The fourth-order valence-corrected chi connectivity index (χ4v) is 1.59. The van der Waals surface area contributed by atoms with E-state index in [4.69, 9.17) is 4.74 Å². The van der Waals surface area contributed by atoms with Gasteiger partial charge in [0.15, 0.2) is 5.78 Å². The molecule has 20 heavy (non-hydrogen) atoms. The Morgan fingerprint density at radius 2 is 1.65 bits per heavy atom. The van der Waals surface area contributed by atoms with E-state index in [9.17, 15) is 9.59 Å². The molecule has 0 spiro atoms. The van der Waals surface area contributed by atoms with Gasteiger partial charge in [0.05, 0.1) is 0 Å². The summed E-state index contributed by atoms with van der Waals surface area (Å²) in [5.41, 5.74) is 0.285. The Balaban J connectivity index is 3.13. The Kier molecular flexibility index (Phi) is 5.26. The second-order valence-corrected chi connectivity index (χ2v) is 5.99. The molecule has 0 amide bonds. The van der Waals surface area contributed by atoms with Gasteiger partial charge < -0.3 is 4.74 Å². The number of Topliss-reactive ketones (excluding diaryl/α,β-unsaturated/α-hetero) is 1. The van der Waals surface area contributed by atoms with Crippen molar-refractivity contribution in [2.75, 3.05) is 0 Å². The Hall–Kier alpha value is -1.90. The first-order valence-electron chi connectivity index (χ1n) is 6.75. The quantitative estimate of drug-likeness (QED) is 0.364. The summed E-state index contributed by atoms with van der Waals surface area (Å²) in [4.78, 5) is 24.4. The zero-order chi connectivity index (χ0) is 15.3. The van der Waals surface area contributed by atoms with Gasteiger partial charge in [-0.05, 0) is 32.4 Å². The molecule has 0 aliphatic carbocycles. The number of hydrogen-bond acceptors (Lipinski definition) is 3. The van der Waals surface area contributed by atoms with Gasteiger partial charge in [0.25, 0.3) is 0 Å². The van der Waals surface area contributed by atoms with Crippen molar-refractivity contribution in [3.05, 3.63) is 41.5 Å². The van der Waals surface area contributed by atoms with Gasteiger partial charge in [-0.25, -0.2) is 4.79 Å². The zero-order valence-electron chi connectivity index (χ0n) is 12.8. The van der Waals surface area contributed by atoms with Crippen LogP contribution in [-0.4, -0.2) is 17.4 Å². The zero-order valence-corrected chi connectivity index (χ0v) is 12.8. The van der Waals surface area contributed by atoms with Gasteiger partial charge in [0.1, 0.15) is 11.2 Å². The van der Waals surface area contributed by atoms with E-state index in [-0.39, 0.29) is 17.3 Å². The maximum absolute atomic E-state index is 12.2. The minimum absolute atomic E-state index is 0.0983. The highest BCUT2D eigenvalue weighted by atomic mass is 16.6. The normalized spacial score (nSPS) is 12.4. The third kappa shape index (κ3) is 5.00. The van der Waals surface area contributed by atoms with E-state index in [0.717, 1.165) is 5.56 Å². The topological polar surface area (TPSA) is 43.4 Å². The fraction of sp³-hybridized carbons (Fsp3) is 0.412. The lowest BCUT2D eigenvalue weighted by Crippen LogP contribution is -2.28. The van der Waals surface area contributed by atoms with Crippen molar-refractivity contribution in [1.82, 2.24) is 0 Å². The number of ether oxygens (including phenoxy) is 1. The molecule has 0 heterocycles. The van der Waals surface area contributed by atoms with Gasteiger partial charge in [0.2, 0.25) is 0 Å². The molecule has 3 nitrogen and oxygen atoms in total. The van der Waals surface area contributed by atoms with Crippen LogP contribution >= 0.6 is 0 Å². The van der Waals surface area contributed by atoms with Crippen molar-refractivity contribution in [2.24, 2.45) is 5.92 Å². The lowest BCUT2D eigenvalue weighted by molar-refractivity contribution is -0.150. The number of esters is 1. The number of carbonyl (C=O) groups is 2. The largest absolute Gasteiger partial charge is 0.456 e. The molecular weight excluding hydrogens is 252 g/mol. The summed E-state index contributed by atoms with van der Waals surface area (Å²) in [6, 6.07) is 9.29. The highest BCUT2D eigenvalue weighted by Gasteiger charge is 2.26. The molecule has 0 unspecified atom stereocenters. The second kappa shape index (κ2) is 6.51. The van der Waals surface area contributed by atoms with Gasteiger partial charge >= 0.3 is 5.97 Å². The third-order valence-corrected chi connectivity index (χ3v) is 2.52. The molecule has 0 aromatic heterocycles. The average Bonchev–Trinajstić information content (AvgIpc) is 2.34. The molecule has 1 aromatic rings. The molecule has 0 bridgehead atoms. The van der Waals surface area contributed by atoms with Crippen molar-refractivity contribution in [3.63, 3.8) is 0 Å². The van der Waals surface area contributed by atoms with Crippen LogP contribution < -0.4 is 0 Å². The standard InChI is InChI=1S/C17H22O3/c1-12(2)15(18)14(16(19)20-17(3,4)5)11-13-9-7-6-8-10-13/h6-12H,1-5H3. The van der Waals surface area contributed by atoms with E-state index in [1.165, 1.54) is 0 Å². The molecule has 0 aliphatic rings. The molecule has 0 aliphatic heterocycles. The van der Waals surface area contributed by atoms with Crippen molar-refractivity contribution in [3.8, 4) is 0 Å². The minimum atomic E-state index is -0.621. The molecule has 0 saturated carbocycles. The molecular formula is C17H22O3. The van der Waals surface area contributed by atoms with Crippen LogP contribution in [-0.2, 0) is 14.3 Å². The summed E-state index contributed by atoms with van der Waals surface area (Å²) in [5.74, 6) is -1.03. The maximum Gasteiger partial charge on any atom is 0.342 e. The van der Waals surface area contributed by atoms with Crippen molar-refractivity contribution in [2.45, 2.75) is 40.2 Å². The van der Waals surface area contributed by atoms with Crippen LogP contribution in [0.1, 0.15) is 40.2 Å². The lowest BCUT2D eigenvalue weighted by Gasteiger charge is -2.20. The summed E-state index contributed by atoms with van der Waals surface area (Å²) in [6.45, 7) is 8.89. The SMILES string of the molecule is CC(C)C(=O)C(=Cc1ccccc1)C(=O)OC(C)(C)C. The Bertz CT molecular complexity index is 505. The van der Waals surface area contributed by atoms with Crippen LogP contribution in [0.5, 0.6) is 0 Å². The van der Waals surface area contributed by atoms with E-state index in [0.29, 0.717) is 0 Å². The summed E-state index contributed by atoms with van der Waals surface area (Å²) in [7, 11) is 0. The van der Waals surface area contributed by atoms with E-state index in [1.54, 1.807) is 40.7 Å². The van der Waals surface area contributed by atoms with Crippen LogP contribution in [0, 0.1) is 5.92 Å². The van der Waals surface area contributed by atoms with Crippen molar-refractivity contribution < 1.29 is 14.3 Å². The summed E-state index contributed by atoms with van der Waals surface area (Å²) < 4.78 is 5.32. The molecule has 108 valence electrons. The Morgan fingerprint density at radius 1 is 1.10 bits per heavy atom. The van der Waals surface area contributed by atoms with Gasteiger partial charge in [-0.2, -0.15) is 0 Å². The predicted octanol–water partition coefficient (Wildman–Crippen LogP) is 3.64. The highest BCUT2D eigenvalue weighted by Crippen LogP contribution is 2.17. The van der Waals surface area contributed by atoms with Crippen molar-refractivity contribution >= 4 is 17.8 Å². The fourth-order valence-electron chi connectivity index (χ4n) is 1.59. The molecule has 0 fully saturated rings. The maximum atomic E-state index is 12.2. The number of hydrogen-bond donors (Lipinski definition) is 0. The second-order valence-electron chi connectivity index (χ2n) is 5.99. The van der Waals surface area contributed by atoms with Crippen LogP contribution in [0.15, 0.2) is 35.9 Å². The van der Waals surface area contributed by atoms with Crippen LogP contribution in [0.4, 0.5) is 0 Å². The first-order chi connectivity index (χ1) is 9.20. The van der Waals surface area contributed by atoms with Crippen molar-refractivity contribution in [1.29, 1.82) is 0 Å². The third-order valence-electron chi connectivity index (χ3n) is 2.52. The van der Waals surface area contributed by atoms with Gasteiger partial charge in [-0.3, -0.25) is 4.79 Å². The van der Waals surface area contributed by atoms with Crippen LogP contribution in [0.2, 0.25) is 0 Å². The van der Waals surface area contributed by atoms with E-state index in [1.807, 2.05) is 30.3 Å². The molecule has 0 saturated heterocycles. The number of ketones is 1. The number of rotatable bonds is 4. The summed E-state index contributed by atoms with van der Waals surface area (Å²) in [6.07, 6.45) is 1.59. The average molecular weight is 274 g/mol. The monoisotopic (exact) mass is 274 g/mol. The number of benzene rings is 1. The van der Waals surface area contributed by atoms with Gasteiger partial charge in [-0.1, -0.05) is 44.2 Å².